The molecule has 24 heavy (non-hydrogen) atoms. The first-order valence-corrected chi connectivity index (χ1v) is 9.63. The minimum atomic E-state index is 0.601. The largest absolute Gasteiger partial charge is 0.381 e. The predicted molar refractivity (Wildman–Crippen MR) is 98.6 cm³/mol. The SMILES string of the molecule is CN=C(NCCCOCC1CCOC1)NCCN1CCCCC1C. The summed E-state index contributed by atoms with van der Waals surface area (Å²) < 4.78 is 11.1. The van der Waals surface area contributed by atoms with E-state index in [1.165, 1.54) is 25.8 Å². The van der Waals surface area contributed by atoms with E-state index >= 15 is 0 Å². The summed E-state index contributed by atoms with van der Waals surface area (Å²) in [5, 5.41) is 6.78. The summed E-state index contributed by atoms with van der Waals surface area (Å²) >= 11 is 0. The molecule has 2 rings (SSSR count). The van der Waals surface area contributed by atoms with Crippen LogP contribution in [0.4, 0.5) is 0 Å². The summed E-state index contributed by atoms with van der Waals surface area (Å²) in [6.45, 7) is 9.89. The van der Waals surface area contributed by atoms with E-state index in [-0.39, 0.29) is 0 Å². The summed E-state index contributed by atoms with van der Waals surface area (Å²) in [7, 11) is 1.83. The van der Waals surface area contributed by atoms with Gasteiger partial charge in [-0.15, -0.1) is 0 Å². The molecule has 6 heteroatoms. The Morgan fingerprint density at radius 1 is 1.25 bits per heavy atom. The molecule has 0 aromatic carbocycles. The third-order valence-corrected chi connectivity index (χ3v) is 4.99. The van der Waals surface area contributed by atoms with Gasteiger partial charge in [0.15, 0.2) is 5.96 Å². The Morgan fingerprint density at radius 2 is 2.12 bits per heavy atom. The van der Waals surface area contributed by atoms with Crippen molar-refractivity contribution in [3.63, 3.8) is 0 Å². The van der Waals surface area contributed by atoms with Gasteiger partial charge in [-0.25, -0.2) is 0 Å². The molecule has 0 amide bonds. The first-order chi connectivity index (χ1) is 11.8. The van der Waals surface area contributed by atoms with E-state index in [4.69, 9.17) is 9.47 Å². The average Bonchev–Trinajstić information content (AvgIpc) is 3.11. The van der Waals surface area contributed by atoms with Crippen molar-refractivity contribution < 1.29 is 9.47 Å². The second-order valence-corrected chi connectivity index (χ2v) is 6.96. The zero-order valence-electron chi connectivity index (χ0n) is 15.6. The molecule has 0 bridgehead atoms. The Labute approximate surface area is 147 Å². The molecule has 2 saturated heterocycles. The number of aliphatic imine (C=N–C) groups is 1. The number of likely N-dealkylation sites (tertiary alicyclic amines) is 1. The van der Waals surface area contributed by atoms with Crippen molar-refractivity contribution in [3.8, 4) is 0 Å². The molecule has 2 atom stereocenters. The molecule has 2 aliphatic rings. The highest BCUT2D eigenvalue weighted by molar-refractivity contribution is 5.79. The van der Waals surface area contributed by atoms with Gasteiger partial charge in [0.05, 0.1) is 13.2 Å². The molecule has 0 spiro atoms. The molecule has 2 fully saturated rings. The fourth-order valence-corrected chi connectivity index (χ4v) is 3.37. The van der Waals surface area contributed by atoms with E-state index in [9.17, 15) is 0 Å². The zero-order valence-corrected chi connectivity index (χ0v) is 15.6. The first-order valence-electron chi connectivity index (χ1n) is 9.63. The van der Waals surface area contributed by atoms with Crippen LogP contribution in [-0.4, -0.2) is 76.6 Å². The quantitative estimate of drug-likeness (QED) is 0.378. The van der Waals surface area contributed by atoms with Gasteiger partial charge < -0.3 is 20.1 Å². The van der Waals surface area contributed by atoms with Crippen molar-refractivity contribution >= 4 is 5.96 Å². The van der Waals surface area contributed by atoms with Crippen molar-refractivity contribution in [3.05, 3.63) is 0 Å². The zero-order chi connectivity index (χ0) is 17.0. The smallest absolute Gasteiger partial charge is 0.191 e. The Morgan fingerprint density at radius 3 is 2.88 bits per heavy atom. The maximum absolute atomic E-state index is 5.72. The Balaban J connectivity index is 1.46. The lowest BCUT2D eigenvalue weighted by molar-refractivity contribution is 0.0888. The number of hydrogen-bond acceptors (Lipinski definition) is 4. The number of hydrogen-bond donors (Lipinski definition) is 2. The number of nitrogens with one attached hydrogen (secondary N) is 2. The second kappa shape index (κ2) is 11.7. The van der Waals surface area contributed by atoms with Gasteiger partial charge in [-0.2, -0.15) is 0 Å². The summed E-state index contributed by atoms with van der Waals surface area (Å²) in [4.78, 5) is 6.86. The monoisotopic (exact) mass is 340 g/mol. The van der Waals surface area contributed by atoms with Crippen LogP contribution < -0.4 is 10.6 Å². The van der Waals surface area contributed by atoms with Crippen LogP contribution in [0.15, 0.2) is 4.99 Å². The number of piperidine rings is 1. The topological polar surface area (TPSA) is 58.1 Å². The van der Waals surface area contributed by atoms with Gasteiger partial charge in [-0.05, 0) is 39.2 Å². The maximum atomic E-state index is 5.72. The van der Waals surface area contributed by atoms with Gasteiger partial charge in [0, 0.05) is 51.9 Å². The lowest BCUT2D eigenvalue weighted by Gasteiger charge is -2.33. The minimum Gasteiger partial charge on any atom is -0.381 e. The van der Waals surface area contributed by atoms with Crippen LogP contribution >= 0.6 is 0 Å². The van der Waals surface area contributed by atoms with E-state index in [2.05, 4.69) is 27.4 Å². The number of ether oxygens (including phenoxy) is 2. The van der Waals surface area contributed by atoms with Gasteiger partial charge >= 0.3 is 0 Å². The lowest BCUT2D eigenvalue weighted by atomic mass is 10.0. The summed E-state index contributed by atoms with van der Waals surface area (Å²) in [6.07, 6.45) is 6.19. The van der Waals surface area contributed by atoms with Crippen molar-refractivity contribution in [2.45, 2.75) is 45.1 Å². The van der Waals surface area contributed by atoms with E-state index in [1.807, 2.05) is 7.05 Å². The van der Waals surface area contributed by atoms with E-state index in [1.54, 1.807) is 0 Å². The van der Waals surface area contributed by atoms with Crippen LogP contribution in [0, 0.1) is 5.92 Å². The predicted octanol–water partition coefficient (Wildman–Crippen LogP) is 1.47. The van der Waals surface area contributed by atoms with Crippen molar-refractivity contribution in [2.75, 3.05) is 59.7 Å². The van der Waals surface area contributed by atoms with Crippen LogP contribution in [0.5, 0.6) is 0 Å². The van der Waals surface area contributed by atoms with Gasteiger partial charge in [-0.1, -0.05) is 6.42 Å². The number of rotatable bonds is 9. The molecule has 0 aliphatic carbocycles. The molecule has 6 nitrogen and oxygen atoms in total. The first kappa shape index (κ1) is 19.5. The molecular formula is C18H36N4O2. The van der Waals surface area contributed by atoms with Crippen molar-refractivity contribution in [2.24, 2.45) is 10.9 Å². The van der Waals surface area contributed by atoms with Crippen LogP contribution in [0.3, 0.4) is 0 Å². The Hall–Kier alpha value is -0.850. The minimum absolute atomic E-state index is 0.601. The Kier molecular flexibility index (Phi) is 9.46. The highest BCUT2D eigenvalue weighted by atomic mass is 16.5. The molecule has 2 aliphatic heterocycles. The van der Waals surface area contributed by atoms with Crippen molar-refractivity contribution in [1.82, 2.24) is 15.5 Å². The van der Waals surface area contributed by atoms with E-state index in [0.717, 1.165) is 70.9 Å². The summed E-state index contributed by atoms with van der Waals surface area (Å²) in [6, 6.07) is 0.720. The van der Waals surface area contributed by atoms with Gasteiger partial charge in [-0.3, -0.25) is 9.89 Å². The van der Waals surface area contributed by atoms with Gasteiger partial charge in [0.2, 0.25) is 0 Å². The van der Waals surface area contributed by atoms with Crippen LogP contribution in [-0.2, 0) is 9.47 Å². The fraction of sp³-hybridized carbons (Fsp3) is 0.944. The number of guanidine groups is 1. The van der Waals surface area contributed by atoms with Gasteiger partial charge in [0.1, 0.15) is 0 Å². The fourth-order valence-electron chi connectivity index (χ4n) is 3.37. The highest BCUT2D eigenvalue weighted by Crippen LogP contribution is 2.15. The van der Waals surface area contributed by atoms with Crippen LogP contribution in [0.2, 0.25) is 0 Å². The average molecular weight is 341 g/mol. The molecule has 0 saturated carbocycles. The standard InChI is InChI=1S/C18H36N4O2/c1-16-6-3-4-10-22(16)11-9-21-18(19-2)20-8-5-12-23-14-17-7-13-24-15-17/h16-17H,3-15H2,1-2H3,(H2,19,20,21). The maximum Gasteiger partial charge on any atom is 0.191 e. The van der Waals surface area contributed by atoms with E-state index < -0.39 is 0 Å². The summed E-state index contributed by atoms with van der Waals surface area (Å²) in [5.41, 5.74) is 0. The molecule has 0 aromatic heterocycles. The molecule has 140 valence electrons. The van der Waals surface area contributed by atoms with E-state index in [0.29, 0.717) is 5.92 Å². The second-order valence-electron chi connectivity index (χ2n) is 6.96. The molecule has 2 heterocycles. The molecule has 0 aromatic rings. The third-order valence-electron chi connectivity index (χ3n) is 4.99. The van der Waals surface area contributed by atoms with Crippen LogP contribution in [0.25, 0.3) is 0 Å². The van der Waals surface area contributed by atoms with Gasteiger partial charge in [0.25, 0.3) is 0 Å². The molecule has 0 radical (unpaired) electrons. The Bertz CT molecular complexity index is 359. The normalized spacial score (nSPS) is 25.8. The lowest BCUT2D eigenvalue weighted by Crippen LogP contribution is -2.45. The molecule has 2 unspecified atom stereocenters. The third kappa shape index (κ3) is 7.36. The molecule has 2 N–H and O–H groups in total. The number of nitrogens with zero attached hydrogens (tertiary/aromatic N) is 2. The molecular weight excluding hydrogens is 304 g/mol. The van der Waals surface area contributed by atoms with Crippen LogP contribution in [0.1, 0.15) is 39.0 Å². The summed E-state index contributed by atoms with van der Waals surface area (Å²) in [5.74, 6) is 1.49. The van der Waals surface area contributed by atoms with Crippen molar-refractivity contribution in [1.29, 1.82) is 0 Å². The highest BCUT2D eigenvalue weighted by Gasteiger charge is 2.17.